The molecule has 0 spiro atoms. The maximum atomic E-state index is 12.2. The van der Waals surface area contributed by atoms with E-state index in [1.165, 1.54) is 6.92 Å². The van der Waals surface area contributed by atoms with Gasteiger partial charge in [-0.3, -0.25) is 9.59 Å². The first-order valence-corrected chi connectivity index (χ1v) is 8.11. The van der Waals surface area contributed by atoms with E-state index in [4.69, 9.17) is 4.74 Å². The highest BCUT2D eigenvalue weighted by Gasteiger charge is 2.09. The molecule has 0 aliphatic carbocycles. The van der Waals surface area contributed by atoms with E-state index in [0.29, 0.717) is 11.3 Å². The zero-order valence-corrected chi connectivity index (χ0v) is 14.6. The van der Waals surface area contributed by atoms with Crippen LogP contribution in [0.5, 0.6) is 5.75 Å². The van der Waals surface area contributed by atoms with E-state index in [1.807, 2.05) is 18.2 Å². The standard InChI is InChI=1S/C21H18N2O3/c1-14(24)16-7-5-15(6-8-16)4-3-11-22-21(25)20-12-17-9-10-18(26-2)13-19(17)23-20/h5-10,12-13,23H,11H2,1-2H3,(H,22,25). The molecule has 3 aromatic rings. The Morgan fingerprint density at radius 2 is 1.88 bits per heavy atom. The maximum Gasteiger partial charge on any atom is 0.268 e. The predicted molar refractivity (Wildman–Crippen MR) is 101 cm³/mol. The maximum absolute atomic E-state index is 12.2. The molecular formula is C21H18N2O3. The molecule has 0 aliphatic rings. The minimum atomic E-state index is -0.221. The molecule has 0 unspecified atom stereocenters. The molecular weight excluding hydrogens is 328 g/mol. The number of nitrogens with one attached hydrogen (secondary N) is 2. The van der Waals surface area contributed by atoms with Crippen LogP contribution < -0.4 is 10.1 Å². The molecule has 1 heterocycles. The van der Waals surface area contributed by atoms with Crippen molar-refractivity contribution in [3.63, 3.8) is 0 Å². The summed E-state index contributed by atoms with van der Waals surface area (Å²) in [5.41, 5.74) is 2.76. The molecule has 0 saturated carbocycles. The number of benzene rings is 2. The number of carbonyl (C=O) groups excluding carboxylic acids is 2. The number of hydrogen-bond donors (Lipinski definition) is 2. The number of rotatable bonds is 4. The Balaban J connectivity index is 1.61. The van der Waals surface area contributed by atoms with Crippen LogP contribution >= 0.6 is 0 Å². The number of amides is 1. The summed E-state index contributed by atoms with van der Waals surface area (Å²) in [7, 11) is 1.60. The molecule has 0 bridgehead atoms. The molecule has 0 radical (unpaired) electrons. The van der Waals surface area contributed by atoms with Gasteiger partial charge >= 0.3 is 0 Å². The predicted octanol–water partition coefficient (Wildman–Crippen LogP) is 3.16. The highest BCUT2D eigenvalue weighted by Crippen LogP contribution is 2.21. The summed E-state index contributed by atoms with van der Waals surface area (Å²) in [6.45, 7) is 1.75. The van der Waals surface area contributed by atoms with Gasteiger partial charge in [0.25, 0.3) is 5.91 Å². The average Bonchev–Trinajstić information content (AvgIpc) is 3.08. The number of aromatic nitrogens is 1. The van der Waals surface area contributed by atoms with Gasteiger partial charge in [-0.2, -0.15) is 0 Å². The summed E-state index contributed by atoms with van der Waals surface area (Å²) >= 11 is 0. The lowest BCUT2D eigenvalue weighted by atomic mass is 10.1. The van der Waals surface area contributed by atoms with Gasteiger partial charge in [-0.15, -0.1) is 0 Å². The SMILES string of the molecule is COc1ccc2cc(C(=O)NCC#Cc3ccc(C(C)=O)cc3)[nH]c2c1. The number of fused-ring (bicyclic) bond motifs is 1. The molecule has 5 heteroatoms. The van der Waals surface area contributed by atoms with Gasteiger partial charge in [0.2, 0.25) is 0 Å². The summed E-state index contributed by atoms with van der Waals surface area (Å²) < 4.78 is 5.18. The Morgan fingerprint density at radius 1 is 1.12 bits per heavy atom. The smallest absolute Gasteiger partial charge is 0.268 e. The molecule has 130 valence electrons. The molecule has 0 atom stereocenters. The first-order valence-electron chi connectivity index (χ1n) is 8.11. The van der Waals surface area contributed by atoms with Gasteiger partial charge in [0, 0.05) is 28.1 Å². The number of ether oxygens (including phenoxy) is 1. The summed E-state index contributed by atoms with van der Waals surface area (Å²) in [4.78, 5) is 26.5. The molecule has 0 aliphatic heterocycles. The number of aromatic amines is 1. The highest BCUT2D eigenvalue weighted by molar-refractivity contribution is 5.98. The quantitative estimate of drug-likeness (QED) is 0.563. The normalized spacial score (nSPS) is 10.1. The van der Waals surface area contributed by atoms with Crippen LogP contribution in [0.4, 0.5) is 0 Å². The van der Waals surface area contributed by atoms with E-state index in [0.717, 1.165) is 22.2 Å². The van der Waals surface area contributed by atoms with Crippen LogP contribution in [-0.4, -0.2) is 30.3 Å². The molecule has 26 heavy (non-hydrogen) atoms. The Morgan fingerprint density at radius 3 is 2.58 bits per heavy atom. The molecule has 1 aromatic heterocycles. The third kappa shape index (κ3) is 3.93. The number of carbonyl (C=O) groups is 2. The van der Waals surface area contributed by atoms with Gasteiger partial charge < -0.3 is 15.0 Å². The van der Waals surface area contributed by atoms with E-state index in [2.05, 4.69) is 22.1 Å². The second kappa shape index (κ2) is 7.58. The molecule has 3 rings (SSSR count). The number of H-pyrrole nitrogens is 1. The largest absolute Gasteiger partial charge is 0.497 e. The average molecular weight is 346 g/mol. The molecule has 0 fully saturated rings. The van der Waals surface area contributed by atoms with Crippen molar-refractivity contribution >= 4 is 22.6 Å². The van der Waals surface area contributed by atoms with Crippen molar-refractivity contribution in [2.24, 2.45) is 0 Å². The van der Waals surface area contributed by atoms with E-state index >= 15 is 0 Å². The molecule has 0 saturated heterocycles. The van der Waals surface area contributed by atoms with E-state index in [-0.39, 0.29) is 18.2 Å². The van der Waals surface area contributed by atoms with Crippen LogP contribution in [0.3, 0.4) is 0 Å². The fraction of sp³-hybridized carbons (Fsp3) is 0.143. The Labute approximate surface area is 151 Å². The Hall–Kier alpha value is -3.52. The van der Waals surface area contributed by atoms with Crippen molar-refractivity contribution in [3.8, 4) is 17.6 Å². The second-order valence-electron chi connectivity index (χ2n) is 5.75. The van der Waals surface area contributed by atoms with Crippen molar-refractivity contribution in [2.45, 2.75) is 6.92 Å². The second-order valence-corrected chi connectivity index (χ2v) is 5.75. The topological polar surface area (TPSA) is 71.2 Å². The summed E-state index contributed by atoms with van der Waals surface area (Å²) in [5.74, 6) is 6.39. The van der Waals surface area contributed by atoms with Crippen LogP contribution in [0.15, 0.2) is 48.5 Å². The summed E-state index contributed by atoms with van der Waals surface area (Å²) in [6, 6.07) is 14.4. The summed E-state index contributed by atoms with van der Waals surface area (Å²) in [5, 5.41) is 3.70. The van der Waals surface area contributed by atoms with E-state index in [1.54, 1.807) is 37.4 Å². The Bertz CT molecular complexity index is 1020. The van der Waals surface area contributed by atoms with Gasteiger partial charge in [-0.25, -0.2) is 0 Å². The van der Waals surface area contributed by atoms with Crippen LogP contribution in [0.25, 0.3) is 10.9 Å². The monoisotopic (exact) mass is 346 g/mol. The summed E-state index contributed by atoms with van der Waals surface area (Å²) in [6.07, 6.45) is 0. The van der Waals surface area contributed by atoms with Crippen molar-refractivity contribution in [3.05, 3.63) is 65.4 Å². The van der Waals surface area contributed by atoms with Gasteiger partial charge in [0.05, 0.1) is 13.7 Å². The lowest BCUT2D eigenvalue weighted by Crippen LogP contribution is -2.23. The third-order valence-electron chi connectivity index (χ3n) is 3.94. The zero-order valence-electron chi connectivity index (χ0n) is 14.6. The first kappa shape index (κ1) is 17.3. The minimum absolute atomic E-state index is 0.0210. The van der Waals surface area contributed by atoms with Gasteiger partial charge in [0.1, 0.15) is 11.4 Å². The van der Waals surface area contributed by atoms with Gasteiger partial charge in [0.15, 0.2) is 5.78 Å². The van der Waals surface area contributed by atoms with Crippen LogP contribution in [0, 0.1) is 11.8 Å². The lowest BCUT2D eigenvalue weighted by Gasteiger charge is -1.98. The number of methoxy groups -OCH3 is 1. The fourth-order valence-corrected chi connectivity index (χ4v) is 2.51. The van der Waals surface area contributed by atoms with Gasteiger partial charge in [-0.05, 0) is 37.3 Å². The van der Waals surface area contributed by atoms with Crippen LogP contribution in [0.2, 0.25) is 0 Å². The lowest BCUT2D eigenvalue weighted by molar-refractivity contribution is 0.0953. The Kier molecular flexibility index (Phi) is 5.04. The molecule has 5 nitrogen and oxygen atoms in total. The van der Waals surface area contributed by atoms with E-state index < -0.39 is 0 Å². The zero-order chi connectivity index (χ0) is 18.5. The van der Waals surface area contributed by atoms with Crippen molar-refractivity contribution in [1.29, 1.82) is 0 Å². The number of hydrogen-bond acceptors (Lipinski definition) is 3. The first-order chi connectivity index (χ1) is 12.6. The van der Waals surface area contributed by atoms with Gasteiger partial charge in [-0.1, -0.05) is 24.0 Å². The number of ketones is 1. The molecule has 2 aromatic carbocycles. The van der Waals surface area contributed by atoms with Crippen LogP contribution in [0.1, 0.15) is 33.3 Å². The van der Waals surface area contributed by atoms with Crippen molar-refractivity contribution in [1.82, 2.24) is 10.3 Å². The minimum Gasteiger partial charge on any atom is -0.497 e. The fourth-order valence-electron chi connectivity index (χ4n) is 2.51. The highest BCUT2D eigenvalue weighted by atomic mass is 16.5. The van der Waals surface area contributed by atoms with Crippen molar-refractivity contribution in [2.75, 3.05) is 13.7 Å². The number of Topliss-reactive ketones (excluding diaryl/α,β-unsaturated/α-hetero) is 1. The molecule has 2 N–H and O–H groups in total. The van der Waals surface area contributed by atoms with Crippen LogP contribution in [-0.2, 0) is 0 Å². The molecule has 1 amide bonds. The third-order valence-corrected chi connectivity index (χ3v) is 3.94. The van der Waals surface area contributed by atoms with Crippen molar-refractivity contribution < 1.29 is 14.3 Å². The van der Waals surface area contributed by atoms with E-state index in [9.17, 15) is 9.59 Å².